The predicted molar refractivity (Wildman–Crippen MR) is 81.3 cm³/mol. The number of benzene rings is 1. The summed E-state index contributed by atoms with van der Waals surface area (Å²) in [5, 5.41) is 9.48. The first-order valence-corrected chi connectivity index (χ1v) is 7.49. The van der Waals surface area contributed by atoms with Gasteiger partial charge in [-0.2, -0.15) is 0 Å². The normalized spacial score (nSPS) is 17.4. The number of ketones is 1. The summed E-state index contributed by atoms with van der Waals surface area (Å²) in [6.07, 6.45) is 2.08. The zero-order valence-corrected chi connectivity index (χ0v) is 12.8. The molecule has 2 rings (SSSR count). The summed E-state index contributed by atoms with van der Waals surface area (Å²) in [7, 11) is 0. The van der Waals surface area contributed by atoms with E-state index in [4.69, 9.17) is 0 Å². The van der Waals surface area contributed by atoms with Crippen LogP contribution >= 0.6 is 0 Å². The van der Waals surface area contributed by atoms with Crippen LogP contribution in [0.15, 0.2) is 12.1 Å². The first-order chi connectivity index (χ1) is 9.47. The molecule has 0 aromatic heterocycles. The van der Waals surface area contributed by atoms with Crippen molar-refractivity contribution in [1.29, 1.82) is 0 Å². The summed E-state index contributed by atoms with van der Waals surface area (Å²) in [6.45, 7) is 8.75. The van der Waals surface area contributed by atoms with Crippen molar-refractivity contribution in [2.24, 2.45) is 0 Å². The zero-order chi connectivity index (χ0) is 14.7. The molecule has 0 saturated carbocycles. The van der Waals surface area contributed by atoms with Crippen LogP contribution in [0.1, 0.15) is 46.3 Å². The smallest absolute Gasteiger partial charge is 0.164 e. The number of rotatable bonds is 4. The molecular weight excluding hydrogens is 250 g/mol. The van der Waals surface area contributed by atoms with Gasteiger partial charge in [0.25, 0.3) is 0 Å². The molecule has 0 aliphatic carbocycles. The molecule has 1 aliphatic heterocycles. The second-order valence-electron chi connectivity index (χ2n) is 6.00. The van der Waals surface area contributed by atoms with Gasteiger partial charge in [-0.25, -0.2) is 0 Å². The van der Waals surface area contributed by atoms with Gasteiger partial charge in [-0.1, -0.05) is 6.07 Å². The number of aryl methyl sites for hydroxylation is 3. The largest absolute Gasteiger partial charge is 0.393 e. The Labute approximate surface area is 121 Å². The molecule has 0 amide bonds. The van der Waals surface area contributed by atoms with Gasteiger partial charge in [-0.3, -0.25) is 4.79 Å². The van der Waals surface area contributed by atoms with Crippen LogP contribution in [0, 0.1) is 20.8 Å². The van der Waals surface area contributed by atoms with Crippen LogP contribution in [-0.2, 0) is 0 Å². The van der Waals surface area contributed by atoms with Gasteiger partial charge in [0.15, 0.2) is 5.78 Å². The number of Topliss-reactive ketones (excluding diaryl/α,β-unsaturated/α-hetero) is 1. The van der Waals surface area contributed by atoms with E-state index in [0.717, 1.165) is 43.6 Å². The maximum Gasteiger partial charge on any atom is 0.164 e. The van der Waals surface area contributed by atoms with Crippen LogP contribution in [0.2, 0.25) is 0 Å². The first-order valence-electron chi connectivity index (χ1n) is 7.49. The highest BCUT2D eigenvalue weighted by Crippen LogP contribution is 2.18. The van der Waals surface area contributed by atoms with Crippen molar-refractivity contribution in [2.75, 3.05) is 19.6 Å². The standard InChI is InChI=1S/C17H25NO2/c1-12-10-14(3)16(11-13(12)2)17(20)6-9-18-7-4-15(19)5-8-18/h10-11,15,19H,4-9H2,1-3H3. The number of piperidine rings is 1. The number of aliphatic hydroxyl groups is 1. The number of hydrogen-bond donors (Lipinski definition) is 1. The lowest BCUT2D eigenvalue weighted by Crippen LogP contribution is -2.37. The maximum atomic E-state index is 12.4. The molecule has 1 fully saturated rings. The lowest BCUT2D eigenvalue weighted by atomic mass is 9.96. The molecule has 20 heavy (non-hydrogen) atoms. The molecule has 1 N–H and O–H groups in total. The second kappa shape index (κ2) is 6.51. The second-order valence-corrected chi connectivity index (χ2v) is 6.00. The van der Waals surface area contributed by atoms with Crippen LogP contribution in [0.5, 0.6) is 0 Å². The zero-order valence-electron chi connectivity index (χ0n) is 12.8. The minimum absolute atomic E-state index is 0.149. The molecule has 1 heterocycles. The van der Waals surface area contributed by atoms with E-state index in [1.54, 1.807) is 0 Å². The van der Waals surface area contributed by atoms with Gasteiger partial charge in [-0.05, 0) is 56.4 Å². The summed E-state index contributed by atoms with van der Waals surface area (Å²) >= 11 is 0. The summed E-state index contributed by atoms with van der Waals surface area (Å²) in [6, 6.07) is 4.12. The van der Waals surface area contributed by atoms with Crippen molar-refractivity contribution in [3.63, 3.8) is 0 Å². The average Bonchev–Trinajstić information content (AvgIpc) is 2.42. The van der Waals surface area contributed by atoms with Crippen LogP contribution in [-0.4, -0.2) is 41.5 Å². The Morgan fingerprint density at radius 3 is 2.40 bits per heavy atom. The summed E-state index contributed by atoms with van der Waals surface area (Å²) in [5.74, 6) is 0.233. The molecule has 0 bridgehead atoms. The average molecular weight is 275 g/mol. The minimum atomic E-state index is -0.149. The Morgan fingerprint density at radius 1 is 1.15 bits per heavy atom. The SMILES string of the molecule is Cc1cc(C)c(C(=O)CCN2CCC(O)CC2)cc1C. The Kier molecular flexibility index (Phi) is 4.95. The topological polar surface area (TPSA) is 40.5 Å². The molecule has 0 atom stereocenters. The molecule has 0 spiro atoms. The van der Waals surface area contributed by atoms with Crippen molar-refractivity contribution in [2.45, 2.75) is 46.1 Å². The predicted octanol–water partition coefficient (Wildman–Crippen LogP) is 2.64. The van der Waals surface area contributed by atoms with E-state index in [1.807, 2.05) is 13.0 Å². The fourth-order valence-electron chi connectivity index (χ4n) is 2.80. The summed E-state index contributed by atoms with van der Waals surface area (Å²) < 4.78 is 0. The Bertz CT molecular complexity index is 488. The van der Waals surface area contributed by atoms with Crippen LogP contribution in [0.3, 0.4) is 0 Å². The van der Waals surface area contributed by atoms with E-state index >= 15 is 0 Å². The molecule has 1 aliphatic rings. The Hall–Kier alpha value is -1.19. The van der Waals surface area contributed by atoms with Gasteiger partial charge < -0.3 is 10.0 Å². The number of carbonyl (C=O) groups excluding carboxylic acids is 1. The lowest BCUT2D eigenvalue weighted by Gasteiger charge is -2.29. The number of aliphatic hydroxyl groups excluding tert-OH is 1. The van der Waals surface area contributed by atoms with E-state index in [-0.39, 0.29) is 11.9 Å². The Morgan fingerprint density at radius 2 is 1.75 bits per heavy atom. The van der Waals surface area contributed by atoms with Crippen molar-refractivity contribution in [3.05, 3.63) is 34.4 Å². The quantitative estimate of drug-likeness (QED) is 0.859. The first kappa shape index (κ1) is 15.2. The fraction of sp³-hybridized carbons (Fsp3) is 0.588. The molecule has 110 valence electrons. The third kappa shape index (κ3) is 3.68. The molecule has 1 aromatic rings. The highest BCUT2D eigenvalue weighted by atomic mass is 16.3. The van der Waals surface area contributed by atoms with Crippen LogP contribution in [0.4, 0.5) is 0 Å². The van der Waals surface area contributed by atoms with Crippen molar-refractivity contribution in [1.82, 2.24) is 4.90 Å². The summed E-state index contributed by atoms with van der Waals surface area (Å²) in [5.41, 5.74) is 4.36. The van der Waals surface area contributed by atoms with Gasteiger partial charge in [0.1, 0.15) is 0 Å². The van der Waals surface area contributed by atoms with Gasteiger partial charge in [-0.15, -0.1) is 0 Å². The van der Waals surface area contributed by atoms with Gasteiger partial charge in [0, 0.05) is 31.6 Å². The molecule has 3 heteroatoms. The van der Waals surface area contributed by atoms with Crippen molar-refractivity contribution >= 4 is 5.78 Å². The molecule has 3 nitrogen and oxygen atoms in total. The van der Waals surface area contributed by atoms with Gasteiger partial charge in [0.05, 0.1) is 6.10 Å². The van der Waals surface area contributed by atoms with Crippen LogP contribution in [0.25, 0.3) is 0 Å². The molecule has 1 saturated heterocycles. The Balaban J connectivity index is 1.93. The van der Waals surface area contributed by atoms with Crippen molar-refractivity contribution < 1.29 is 9.90 Å². The lowest BCUT2D eigenvalue weighted by molar-refractivity contribution is 0.0778. The van der Waals surface area contributed by atoms with E-state index in [9.17, 15) is 9.90 Å². The molecular formula is C17H25NO2. The molecule has 1 aromatic carbocycles. The highest BCUT2D eigenvalue weighted by Gasteiger charge is 2.18. The van der Waals surface area contributed by atoms with E-state index in [1.165, 1.54) is 11.1 Å². The third-order valence-corrected chi connectivity index (χ3v) is 4.35. The third-order valence-electron chi connectivity index (χ3n) is 4.35. The van der Waals surface area contributed by atoms with E-state index < -0.39 is 0 Å². The summed E-state index contributed by atoms with van der Waals surface area (Å²) in [4.78, 5) is 14.6. The highest BCUT2D eigenvalue weighted by molar-refractivity contribution is 5.97. The maximum absolute atomic E-state index is 12.4. The number of hydrogen-bond acceptors (Lipinski definition) is 3. The van der Waals surface area contributed by atoms with Gasteiger partial charge >= 0.3 is 0 Å². The van der Waals surface area contributed by atoms with Crippen molar-refractivity contribution in [3.8, 4) is 0 Å². The number of carbonyl (C=O) groups is 1. The number of nitrogens with zero attached hydrogens (tertiary/aromatic N) is 1. The number of likely N-dealkylation sites (tertiary alicyclic amines) is 1. The van der Waals surface area contributed by atoms with E-state index in [2.05, 4.69) is 24.8 Å². The minimum Gasteiger partial charge on any atom is -0.393 e. The monoisotopic (exact) mass is 275 g/mol. The molecule has 0 radical (unpaired) electrons. The van der Waals surface area contributed by atoms with Gasteiger partial charge in [0.2, 0.25) is 0 Å². The molecule has 0 unspecified atom stereocenters. The van der Waals surface area contributed by atoms with Crippen LogP contribution < -0.4 is 0 Å². The fourth-order valence-corrected chi connectivity index (χ4v) is 2.80. The van der Waals surface area contributed by atoms with E-state index in [0.29, 0.717) is 6.42 Å².